The van der Waals surface area contributed by atoms with Crippen LogP contribution in [0.25, 0.3) is 0 Å². The van der Waals surface area contributed by atoms with E-state index in [1.165, 1.54) is 19.3 Å². The third-order valence-electron chi connectivity index (χ3n) is 5.13. The van der Waals surface area contributed by atoms with E-state index in [9.17, 15) is 9.59 Å². The van der Waals surface area contributed by atoms with Gasteiger partial charge in [0.05, 0.1) is 12.2 Å². The number of amides is 2. The molecule has 0 aromatic carbocycles. The summed E-state index contributed by atoms with van der Waals surface area (Å²) in [5.41, 5.74) is 0.825. The highest BCUT2D eigenvalue weighted by atomic mass is 16.2. The van der Waals surface area contributed by atoms with Crippen molar-refractivity contribution in [2.24, 2.45) is 7.05 Å². The quantitative estimate of drug-likeness (QED) is 0.833. The minimum atomic E-state index is -0.447. The van der Waals surface area contributed by atoms with Gasteiger partial charge in [-0.3, -0.25) is 14.3 Å². The van der Waals surface area contributed by atoms with E-state index in [-0.39, 0.29) is 17.9 Å². The zero-order valence-corrected chi connectivity index (χ0v) is 14.5. The van der Waals surface area contributed by atoms with E-state index < -0.39 is 6.04 Å². The van der Waals surface area contributed by atoms with E-state index in [0.717, 1.165) is 18.4 Å². The molecule has 24 heavy (non-hydrogen) atoms. The standard InChI is InChI=1S/C17H27N5O2/c1-18-16(12-9-19-21(2)10-12)17(24)20-13-8-15(23)22(11-13)14-6-4-3-5-7-14/h9-10,13-14,16,18H,3-8,11H2,1-2H3,(H,20,24). The lowest BCUT2D eigenvalue weighted by molar-refractivity contribution is -0.130. The highest BCUT2D eigenvalue weighted by Gasteiger charge is 2.36. The Kier molecular flexibility index (Phi) is 5.18. The van der Waals surface area contributed by atoms with E-state index in [1.54, 1.807) is 17.9 Å². The first-order chi connectivity index (χ1) is 11.6. The molecule has 1 aliphatic carbocycles. The fourth-order valence-corrected chi connectivity index (χ4v) is 3.90. The molecule has 0 bridgehead atoms. The van der Waals surface area contributed by atoms with Crippen molar-refractivity contribution >= 4 is 11.8 Å². The third-order valence-corrected chi connectivity index (χ3v) is 5.13. The van der Waals surface area contributed by atoms with Gasteiger partial charge in [0.15, 0.2) is 0 Å². The summed E-state index contributed by atoms with van der Waals surface area (Å²) in [6, 6.07) is -0.177. The minimum absolute atomic E-state index is 0.0977. The van der Waals surface area contributed by atoms with E-state index >= 15 is 0 Å². The van der Waals surface area contributed by atoms with E-state index in [1.807, 2.05) is 18.1 Å². The van der Waals surface area contributed by atoms with Crippen molar-refractivity contribution in [2.45, 2.75) is 56.7 Å². The number of nitrogens with one attached hydrogen (secondary N) is 2. The van der Waals surface area contributed by atoms with Crippen molar-refractivity contribution in [3.63, 3.8) is 0 Å². The lowest BCUT2D eigenvalue weighted by Gasteiger charge is -2.31. The smallest absolute Gasteiger partial charge is 0.242 e. The molecule has 1 saturated heterocycles. The number of hydrogen-bond donors (Lipinski definition) is 2. The number of likely N-dealkylation sites (tertiary alicyclic amines) is 1. The Hall–Kier alpha value is -1.89. The summed E-state index contributed by atoms with van der Waals surface area (Å²) in [4.78, 5) is 26.9. The third kappa shape index (κ3) is 3.61. The summed E-state index contributed by atoms with van der Waals surface area (Å²) in [7, 11) is 3.58. The van der Waals surface area contributed by atoms with Crippen LogP contribution in [0.1, 0.15) is 50.1 Å². The summed E-state index contributed by atoms with van der Waals surface area (Å²) in [5.74, 6) is 0.0726. The summed E-state index contributed by atoms with van der Waals surface area (Å²) in [5, 5.41) is 10.2. The molecule has 2 aliphatic rings. The van der Waals surface area contributed by atoms with Crippen LogP contribution in [0.5, 0.6) is 0 Å². The van der Waals surface area contributed by atoms with Crippen molar-refractivity contribution in [2.75, 3.05) is 13.6 Å². The number of aryl methyl sites for hydroxylation is 1. The Labute approximate surface area is 142 Å². The molecular formula is C17H27N5O2. The molecule has 7 nitrogen and oxygen atoms in total. The van der Waals surface area contributed by atoms with Gasteiger partial charge in [-0.25, -0.2) is 0 Å². The van der Waals surface area contributed by atoms with Crippen molar-refractivity contribution < 1.29 is 9.59 Å². The molecule has 2 fully saturated rings. The second-order valence-electron chi connectivity index (χ2n) is 6.92. The molecule has 2 amide bonds. The first-order valence-corrected chi connectivity index (χ1v) is 8.84. The monoisotopic (exact) mass is 333 g/mol. The molecule has 2 atom stereocenters. The van der Waals surface area contributed by atoms with Crippen molar-refractivity contribution in [1.82, 2.24) is 25.3 Å². The Bertz CT molecular complexity index is 594. The molecule has 0 spiro atoms. The SMILES string of the molecule is CNC(C(=O)NC1CC(=O)N(C2CCCCC2)C1)c1cnn(C)c1. The van der Waals surface area contributed by atoms with Gasteiger partial charge in [0, 0.05) is 37.8 Å². The highest BCUT2D eigenvalue weighted by Crippen LogP contribution is 2.26. The van der Waals surface area contributed by atoms with Crippen LogP contribution >= 0.6 is 0 Å². The molecule has 1 saturated carbocycles. The molecule has 2 heterocycles. The van der Waals surface area contributed by atoms with Crippen LogP contribution in [0.2, 0.25) is 0 Å². The Balaban J connectivity index is 1.59. The fourth-order valence-electron chi connectivity index (χ4n) is 3.90. The summed E-state index contributed by atoms with van der Waals surface area (Å²) >= 11 is 0. The van der Waals surface area contributed by atoms with Crippen LogP contribution in [0.15, 0.2) is 12.4 Å². The topological polar surface area (TPSA) is 79.3 Å². The second kappa shape index (κ2) is 7.34. The summed E-state index contributed by atoms with van der Waals surface area (Å²) < 4.78 is 1.68. The number of carbonyl (C=O) groups excluding carboxylic acids is 2. The van der Waals surface area contributed by atoms with E-state index in [0.29, 0.717) is 19.0 Å². The van der Waals surface area contributed by atoms with Gasteiger partial charge in [0.1, 0.15) is 6.04 Å². The van der Waals surface area contributed by atoms with Gasteiger partial charge in [-0.2, -0.15) is 5.10 Å². The number of hydrogen-bond acceptors (Lipinski definition) is 4. The molecule has 3 rings (SSSR count). The van der Waals surface area contributed by atoms with Crippen molar-refractivity contribution in [3.05, 3.63) is 18.0 Å². The van der Waals surface area contributed by atoms with Gasteiger partial charge in [0.2, 0.25) is 11.8 Å². The Morgan fingerprint density at radius 1 is 1.33 bits per heavy atom. The van der Waals surface area contributed by atoms with E-state index in [2.05, 4.69) is 15.7 Å². The summed E-state index contributed by atoms with van der Waals surface area (Å²) in [6.07, 6.45) is 9.80. The minimum Gasteiger partial charge on any atom is -0.349 e. The Morgan fingerprint density at radius 3 is 2.71 bits per heavy atom. The average Bonchev–Trinajstić information content (AvgIpc) is 3.15. The van der Waals surface area contributed by atoms with Crippen LogP contribution in [-0.4, -0.2) is 52.2 Å². The predicted molar refractivity (Wildman–Crippen MR) is 90.1 cm³/mol. The maximum absolute atomic E-state index is 12.6. The largest absolute Gasteiger partial charge is 0.349 e. The van der Waals surface area contributed by atoms with Gasteiger partial charge in [0.25, 0.3) is 0 Å². The lowest BCUT2D eigenvalue weighted by atomic mass is 9.94. The molecule has 132 valence electrons. The van der Waals surface area contributed by atoms with Crippen LogP contribution in [0.4, 0.5) is 0 Å². The molecule has 1 aromatic rings. The number of aromatic nitrogens is 2. The van der Waals surface area contributed by atoms with Gasteiger partial charge in [-0.1, -0.05) is 19.3 Å². The first kappa shape index (κ1) is 17.0. The predicted octanol–water partition coefficient (Wildman–Crippen LogP) is 0.730. The van der Waals surface area contributed by atoms with Gasteiger partial charge < -0.3 is 15.5 Å². The molecule has 1 aliphatic heterocycles. The maximum Gasteiger partial charge on any atom is 0.242 e. The van der Waals surface area contributed by atoms with Crippen LogP contribution in [0.3, 0.4) is 0 Å². The van der Waals surface area contributed by atoms with Crippen LogP contribution in [0, 0.1) is 0 Å². The molecule has 1 aromatic heterocycles. The van der Waals surface area contributed by atoms with Gasteiger partial charge in [-0.05, 0) is 19.9 Å². The Morgan fingerprint density at radius 2 is 2.08 bits per heavy atom. The normalized spacial score (nSPS) is 23.5. The molecule has 7 heteroatoms. The van der Waals surface area contributed by atoms with Gasteiger partial charge >= 0.3 is 0 Å². The fraction of sp³-hybridized carbons (Fsp3) is 0.706. The zero-order valence-electron chi connectivity index (χ0n) is 14.5. The molecule has 2 unspecified atom stereocenters. The van der Waals surface area contributed by atoms with Crippen molar-refractivity contribution in [1.29, 1.82) is 0 Å². The number of carbonyl (C=O) groups is 2. The second-order valence-corrected chi connectivity index (χ2v) is 6.92. The first-order valence-electron chi connectivity index (χ1n) is 8.84. The lowest BCUT2D eigenvalue weighted by Crippen LogP contribution is -2.44. The van der Waals surface area contributed by atoms with E-state index in [4.69, 9.17) is 0 Å². The highest BCUT2D eigenvalue weighted by molar-refractivity contribution is 5.85. The molecule has 0 radical (unpaired) electrons. The van der Waals surface area contributed by atoms with Gasteiger partial charge in [-0.15, -0.1) is 0 Å². The van der Waals surface area contributed by atoms with Crippen molar-refractivity contribution in [3.8, 4) is 0 Å². The van der Waals surface area contributed by atoms with Crippen LogP contribution < -0.4 is 10.6 Å². The number of likely N-dealkylation sites (N-methyl/N-ethyl adjacent to an activating group) is 1. The maximum atomic E-state index is 12.6. The zero-order chi connectivity index (χ0) is 17.1. The summed E-state index contributed by atoms with van der Waals surface area (Å²) in [6.45, 7) is 0.638. The number of rotatable bonds is 5. The van der Waals surface area contributed by atoms with Crippen LogP contribution in [-0.2, 0) is 16.6 Å². The molecular weight excluding hydrogens is 306 g/mol. The molecule has 2 N–H and O–H groups in total. The number of nitrogens with zero attached hydrogens (tertiary/aromatic N) is 3. The average molecular weight is 333 g/mol.